The highest BCUT2D eigenvalue weighted by Crippen LogP contribution is 2.25. The summed E-state index contributed by atoms with van der Waals surface area (Å²) >= 11 is 1.38. The zero-order chi connectivity index (χ0) is 22.2. The lowest BCUT2D eigenvalue weighted by molar-refractivity contribution is -0.122. The van der Waals surface area contributed by atoms with Crippen LogP contribution in [0.15, 0.2) is 52.4 Å². The molecule has 1 fully saturated rings. The van der Waals surface area contributed by atoms with Gasteiger partial charge >= 0.3 is 0 Å². The molecule has 4 rings (SSSR count). The number of methoxy groups -OCH3 is 1. The van der Waals surface area contributed by atoms with Crippen LogP contribution in [0, 0.1) is 11.7 Å². The van der Waals surface area contributed by atoms with Crippen LogP contribution in [0.5, 0.6) is 5.75 Å². The third-order valence-corrected chi connectivity index (χ3v) is 8.38. The second kappa shape index (κ2) is 8.52. The Bertz CT molecular complexity index is 1300. The molecule has 1 aromatic heterocycles. The highest BCUT2D eigenvalue weighted by molar-refractivity contribution is 7.89. The molecule has 0 bridgehead atoms. The van der Waals surface area contributed by atoms with Crippen LogP contribution >= 0.6 is 11.3 Å². The van der Waals surface area contributed by atoms with Crippen molar-refractivity contribution >= 4 is 37.5 Å². The molecule has 0 spiro atoms. The molecule has 7 nitrogen and oxygen atoms in total. The number of rotatable bonds is 4. The molecule has 1 amide bonds. The molecule has 1 atom stereocenters. The van der Waals surface area contributed by atoms with Gasteiger partial charge in [0.15, 0.2) is 4.80 Å². The number of benzene rings is 2. The lowest BCUT2D eigenvalue weighted by Crippen LogP contribution is -2.42. The number of piperidine rings is 1. The van der Waals surface area contributed by atoms with Crippen LogP contribution < -0.4 is 9.54 Å². The Labute approximate surface area is 183 Å². The van der Waals surface area contributed by atoms with Gasteiger partial charge in [0, 0.05) is 20.1 Å². The Kier molecular flexibility index (Phi) is 5.96. The zero-order valence-corrected chi connectivity index (χ0v) is 18.7. The summed E-state index contributed by atoms with van der Waals surface area (Å²) in [5.41, 5.74) is 0.932. The van der Waals surface area contributed by atoms with Gasteiger partial charge in [0.1, 0.15) is 11.6 Å². The molecule has 2 aromatic carbocycles. The van der Waals surface area contributed by atoms with Crippen LogP contribution in [0.3, 0.4) is 0 Å². The third kappa shape index (κ3) is 4.28. The number of aromatic nitrogens is 1. The van der Waals surface area contributed by atoms with Crippen molar-refractivity contribution in [2.75, 3.05) is 20.2 Å². The Balaban J connectivity index is 1.59. The molecule has 0 saturated carbocycles. The van der Waals surface area contributed by atoms with E-state index in [4.69, 9.17) is 4.74 Å². The van der Waals surface area contributed by atoms with E-state index in [0.717, 1.165) is 28.1 Å². The Morgan fingerprint density at radius 2 is 1.97 bits per heavy atom. The predicted molar refractivity (Wildman–Crippen MR) is 116 cm³/mol. The number of aryl methyl sites for hydroxylation is 1. The highest BCUT2D eigenvalue weighted by atomic mass is 32.2. The smallest absolute Gasteiger partial charge is 0.252 e. The fourth-order valence-electron chi connectivity index (χ4n) is 3.65. The number of nitrogens with zero attached hydrogens (tertiary/aromatic N) is 3. The number of ether oxygens (including phenoxy) is 1. The van der Waals surface area contributed by atoms with Gasteiger partial charge in [-0.25, -0.2) is 12.8 Å². The molecule has 0 radical (unpaired) electrons. The number of carbonyl (C=O) groups is 1. The number of fused-ring (bicyclic) bond motifs is 1. The fourth-order valence-corrected chi connectivity index (χ4v) is 6.23. The Morgan fingerprint density at radius 1 is 1.23 bits per heavy atom. The summed E-state index contributed by atoms with van der Waals surface area (Å²) < 4.78 is 48.3. The maximum atomic E-state index is 13.2. The van der Waals surface area contributed by atoms with Crippen LogP contribution in [0.4, 0.5) is 4.39 Å². The van der Waals surface area contributed by atoms with Gasteiger partial charge < -0.3 is 9.30 Å². The summed E-state index contributed by atoms with van der Waals surface area (Å²) in [6.07, 6.45) is 1.13. The molecule has 31 heavy (non-hydrogen) atoms. The number of amides is 1. The molecule has 1 unspecified atom stereocenters. The normalized spacial score (nSPS) is 18.4. The number of hydrogen-bond donors (Lipinski definition) is 0. The molecular formula is C21H22FN3O4S2. The topological polar surface area (TPSA) is 81.0 Å². The van der Waals surface area contributed by atoms with Crippen molar-refractivity contribution in [2.45, 2.75) is 17.7 Å². The van der Waals surface area contributed by atoms with E-state index in [-0.39, 0.29) is 17.3 Å². The second-order valence-corrected chi connectivity index (χ2v) is 10.3. The van der Waals surface area contributed by atoms with Crippen LogP contribution in [0.2, 0.25) is 0 Å². The predicted octanol–water partition coefficient (Wildman–Crippen LogP) is 2.92. The molecule has 0 N–H and O–H groups in total. The number of thiazole rings is 1. The standard InChI is InChI=1S/C21H22FN3O4S2/c1-24-18-10-7-16(29-2)12-19(18)30-21(24)23-20(26)14-4-3-11-25(13-14)31(27,28)17-8-5-15(22)6-9-17/h5-10,12,14H,3-4,11,13H2,1-2H3. The van der Waals surface area contributed by atoms with Gasteiger partial charge in [0.2, 0.25) is 10.0 Å². The van der Waals surface area contributed by atoms with E-state index in [1.165, 1.54) is 27.8 Å². The minimum atomic E-state index is -3.80. The van der Waals surface area contributed by atoms with Crippen molar-refractivity contribution in [3.05, 3.63) is 53.1 Å². The van der Waals surface area contributed by atoms with E-state index in [0.29, 0.717) is 24.2 Å². The van der Waals surface area contributed by atoms with Crippen molar-refractivity contribution in [3.63, 3.8) is 0 Å². The summed E-state index contributed by atoms with van der Waals surface area (Å²) in [5.74, 6) is -0.642. The Hall–Kier alpha value is -2.56. The van der Waals surface area contributed by atoms with Crippen molar-refractivity contribution in [2.24, 2.45) is 18.0 Å². The van der Waals surface area contributed by atoms with Crippen molar-refractivity contribution < 1.29 is 22.3 Å². The zero-order valence-electron chi connectivity index (χ0n) is 17.1. The molecule has 1 aliphatic heterocycles. The van der Waals surface area contributed by atoms with Gasteiger partial charge in [0.05, 0.1) is 28.1 Å². The van der Waals surface area contributed by atoms with Gasteiger partial charge in [-0.1, -0.05) is 11.3 Å². The lowest BCUT2D eigenvalue weighted by atomic mass is 9.99. The van der Waals surface area contributed by atoms with Crippen LogP contribution in [-0.2, 0) is 21.9 Å². The molecule has 164 valence electrons. The maximum Gasteiger partial charge on any atom is 0.252 e. The van der Waals surface area contributed by atoms with E-state index in [9.17, 15) is 17.6 Å². The van der Waals surface area contributed by atoms with E-state index < -0.39 is 21.8 Å². The van der Waals surface area contributed by atoms with Crippen LogP contribution in [-0.4, -0.2) is 43.4 Å². The number of carbonyl (C=O) groups excluding carboxylic acids is 1. The largest absolute Gasteiger partial charge is 0.497 e. The SMILES string of the molecule is COc1ccc2c(c1)sc(=NC(=O)C1CCCN(S(=O)(=O)c3ccc(F)cc3)C1)n2C. The van der Waals surface area contributed by atoms with Gasteiger partial charge in [-0.05, 0) is 55.3 Å². The number of halogens is 1. The summed E-state index contributed by atoms with van der Waals surface area (Å²) in [4.78, 5) is 17.8. The lowest BCUT2D eigenvalue weighted by Gasteiger charge is -2.30. The van der Waals surface area contributed by atoms with Crippen LogP contribution in [0.25, 0.3) is 10.2 Å². The van der Waals surface area contributed by atoms with Gasteiger partial charge in [-0.15, -0.1) is 0 Å². The second-order valence-electron chi connectivity index (χ2n) is 7.38. The first-order valence-corrected chi connectivity index (χ1v) is 12.0. The third-order valence-electron chi connectivity index (χ3n) is 5.41. The van der Waals surface area contributed by atoms with Crippen molar-refractivity contribution in [1.29, 1.82) is 0 Å². The van der Waals surface area contributed by atoms with Gasteiger partial charge in [0.25, 0.3) is 5.91 Å². The van der Waals surface area contributed by atoms with E-state index in [1.54, 1.807) is 7.11 Å². The first-order valence-electron chi connectivity index (χ1n) is 9.77. The van der Waals surface area contributed by atoms with Crippen molar-refractivity contribution in [1.82, 2.24) is 8.87 Å². The van der Waals surface area contributed by atoms with E-state index in [2.05, 4.69) is 4.99 Å². The summed E-state index contributed by atoms with van der Waals surface area (Å²) in [6, 6.07) is 10.4. The number of hydrogen-bond acceptors (Lipinski definition) is 5. The molecule has 1 saturated heterocycles. The highest BCUT2D eigenvalue weighted by Gasteiger charge is 2.33. The van der Waals surface area contributed by atoms with E-state index in [1.807, 2.05) is 29.8 Å². The summed E-state index contributed by atoms with van der Waals surface area (Å²) in [7, 11) is -0.366. The maximum absolute atomic E-state index is 13.2. The van der Waals surface area contributed by atoms with Gasteiger partial charge in [-0.2, -0.15) is 9.30 Å². The minimum absolute atomic E-state index is 0.0174. The average Bonchev–Trinajstić information content (AvgIpc) is 3.08. The van der Waals surface area contributed by atoms with Crippen molar-refractivity contribution in [3.8, 4) is 5.75 Å². The fraction of sp³-hybridized carbons (Fsp3) is 0.333. The summed E-state index contributed by atoms with van der Waals surface area (Å²) in [6.45, 7) is 0.379. The average molecular weight is 464 g/mol. The van der Waals surface area contributed by atoms with E-state index >= 15 is 0 Å². The molecule has 1 aliphatic rings. The van der Waals surface area contributed by atoms with Gasteiger partial charge in [-0.3, -0.25) is 4.79 Å². The first-order chi connectivity index (χ1) is 14.8. The molecule has 3 aromatic rings. The molecular weight excluding hydrogens is 441 g/mol. The Morgan fingerprint density at radius 3 is 2.68 bits per heavy atom. The van der Waals surface area contributed by atoms with Crippen LogP contribution in [0.1, 0.15) is 12.8 Å². The first kappa shape index (κ1) is 21.7. The number of sulfonamides is 1. The molecule has 0 aliphatic carbocycles. The quantitative estimate of drug-likeness (QED) is 0.596. The minimum Gasteiger partial charge on any atom is -0.497 e. The molecule has 2 heterocycles. The monoisotopic (exact) mass is 463 g/mol. The summed E-state index contributed by atoms with van der Waals surface area (Å²) in [5, 5.41) is 0. The molecule has 10 heteroatoms.